The summed E-state index contributed by atoms with van der Waals surface area (Å²) in [6.45, 7) is 3.69. The molecule has 1 saturated heterocycles. The Balaban J connectivity index is 1.36. The molecule has 0 aromatic heterocycles. The predicted octanol–water partition coefficient (Wildman–Crippen LogP) is 4.23. The molecule has 31 heavy (non-hydrogen) atoms. The molecule has 2 aliphatic rings. The van der Waals surface area contributed by atoms with Crippen molar-refractivity contribution in [3.8, 4) is 11.5 Å². The highest BCUT2D eigenvalue weighted by molar-refractivity contribution is 6.10. The smallest absolute Gasteiger partial charge is 0.325 e. The molecule has 2 aromatic rings. The zero-order valence-electron chi connectivity index (χ0n) is 17.8. The highest BCUT2D eigenvalue weighted by Gasteiger charge is 2.55. The molecule has 7 heteroatoms. The van der Waals surface area contributed by atoms with E-state index in [9.17, 15) is 14.4 Å². The van der Waals surface area contributed by atoms with Crippen LogP contribution in [0.2, 0.25) is 0 Å². The van der Waals surface area contributed by atoms with Crippen molar-refractivity contribution in [3.05, 3.63) is 54.1 Å². The van der Waals surface area contributed by atoms with Crippen molar-refractivity contribution in [2.75, 3.05) is 11.9 Å². The lowest BCUT2D eigenvalue weighted by molar-refractivity contribution is -0.136. The summed E-state index contributed by atoms with van der Waals surface area (Å²) in [5.74, 6) is 0.723. The quantitative estimate of drug-likeness (QED) is 0.708. The lowest BCUT2D eigenvalue weighted by Crippen LogP contribution is -2.54. The number of anilines is 1. The van der Waals surface area contributed by atoms with Crippen molar-refractivity contribution < 1.29 is 19.1 Å². The zero-order valence-corrected chi connectivity index (χ0v) is 17.8. The Hall–Kier alpha value is -3.35. The monoisotopic (exact) mass is 421 g/mol. The summed E-state index contributed by atoms with van der Waals surface area (Å²) in [6, 6.07) is 14.2. The third-order valence-corrected chi connectivity index (χ3v) is 6.20. The van der Waals surface area contributed by atoms with Gasteiger partial charge in [-0.3, -0.25) is 14.5 Å². The Kier molecular flexibility index (Phi) is 5.67. The number of nitrogens with zero attached hydrogens (tertiary/aromatic N) is 1. The van der Waals surface area contributed by atoms with Crippen molar-refractivity contribution in [2.45, 2.75) is 45.1 Å². The number of imide groups is 1. The zero-order chi connectivity index (χ0) is 22.0. The Bertz CT molecular complexity index is 987. The van der Waals surface area contributed by atoms with Gasteiger partial charge in [0.2, 0.25) is 5.91 Å². The van der Waals surface area contributed by atoms with Crippen molar-refractivity contribution >= 4 is 23.5 Å². The van der Waals surface area contributed by atoms with Crippen LogP contribution < -0.4 is 15.4 Å². The molecule has 162 valence electrons. The molecule has 1 saturated carbocycles. The fraction of sp³-hybridized carbons (Fsp3) is 0.375. The summed E-state index contributed by atoms with van der Waals surface area (Å²) in [4.78, 5) is 38.9. The largest absolute Gasteiger partial charge is 0.457 e. The van der Waals surface area contributed by atoms with Crippen LogP contribution in [0.5, 0.6) is 11.5 Å². The van der Waals surface area contributed by atoms with Gasteiger partial charge in [0, 0.05) is 5.69 Å². The van der Waals surface area contributed by atoms with Gasteiger partial charge in [-0.2, -0.15) is 0 Å². The molecule has 2 aromatic carbocycles. The van der Waals surface area contributed by atoms with E-state index in [-0.39, 0.29) is 18.4 Å². The molecule has 0 bridgehead atoms. The fourth-order valence-electron chi connectivity index (χ4n) is 4.33. The number of urea groups is 1. The maximum Gasteiger partial charge on any atom is 0.325 e. The summed E-state index contributed by atoms with van der Waals surface area (Å²) >= 11 is 0. The minimum absolute atomic E-state index is 0.0619. The first-order valence-corrected chi connectivity index (χ1v) is 10.7. The summed E-state index contributed by atoms with van der Waals surface area (Å²) in [5.41, 5.74) is 0.860. The molecule has 1 aliphatic carbocycles. The van der Waals surface area contributed by atoms with Crippen LogP contribution in [-0.4, -0.2) is 34.8 Å². The van der Waals surface area contributed by atoms with E-state index >= 15 is 0 Å². The van der Waals surface area contributed by atoms with E-state index in [2.05, 4.69) is 10.6 Å². The highest BCUT2D eigenvalue weighted by atomic mass is 16.5. The molecule has 2 atom stereocenters. The average molecular weight is 421 g/mol. The van der Waals surface area contributed by atoms with Gasteiger partial charge in [0.15, 0.2) is 0 Å². The predicted molar refractivity (Wildman–Crippen MR) is 117 cm³/mol. The molecular weight excluding hydrogens is 394 g/mol. The third kappa shape index (κ3) is 4.26. The Morgan fingerprint density at radius 2 is 1.74 bits per heavy atom. The minimum Gasteiger partial charge on any atom is -0.457 e. The van der Waals surface area contributed by atoms with Gasteiger partial charge in [0.1, 0.15) is 23.6 Å². The van der Waals surface area contributed by atoms with Gasteiger partial charge < -0.3 is 15.4 Å². The Labute approximate surface area is 181 Å². The van der Waals surface area contributed by atoms with Gasteiger partial charge in [0.25, 0.3) is 5.91 Å². The van der Waals surface area contributed by atoms with E-state index in [1.165, 1.54) is 0 Å². The number of amides is 4. The molecule has 1 spiro atoms. The molecule has 7 nitrogen and oxygen atoms in total. The third-order valence-electron chi connectivity index (χ3n) is 6.20. The molecule has 0 radical (unpaired) electrons. The van der Waals surface area contributed by atoms with E-state index < -0.39 is 17.5 Å². The van der Waals surface area contributed by atoms with Crippen molar-refractivity contribution in [2.24, 2.45) is 5.92 Å². The lowest BCUT2D eigenvalue weighted by atomic mass is 9.73. The summed E-state index contributed by atoms with van der Waals surface area (Å²) in [7, 11) is 0. The standard InChI is InChI=1S/C24H27N3O4/c1-16-6-10-19(11-7-16)31-20-12-8-18(9-13-20)25-21(28)15-27-22(29)24(26-23(27)30)14-4-3-5-17(24)2/h6-13,17H,3-5,14-15H2,1-2H3,(H,25,28)(H,26,30). The maximum absolute atomic E-state index is 13.0. The molecule has 1 heterocycles. The minimum atomic E-state index is -0.857. The highest BCUT2D eigenvalue weighted by Crippen LogP contribution is 2.38. The maximum atomic E-state index is 13.0. The van der Waals surface area contributed by atoms with Crippen molar-refractivity contribution in [1.82, 2.24) is 10.2 Å². The second-order valence-electron chi connectivity index (χ2n) is 8.43. The van der Waals surface area contributed by atoms with E-state index in [0.29, 0.717) is 17.9 Å². The van der Waals surface area contributed by atoms with E-state index in [0.717, 1.165) is 35.5 Å². The number of ether oxygens (including phenoxy) is 1. The van der Waals surface area contributed by atoms with Crippen LogP contribution in [-0.2, 0) is 9.59 Å². The van der Waals surface area contributed by atoms with Gasteiger partial charge in [0.05, 0.1) is 0 Å². The van der Waals surface area contributed by atoms with E-state index in [1.807, 2.05) is 38.1 Å². The first kappa shape index (κ1) is 20.9. The first-order valence-electron chi connectivity index (χ1n) is 10.7. The second kappa shape index (κ2) is 8.41. The second-order valence-corrected chi connectivity index (χ2v) is 8.43. The van der Waals surface area contributed by atoms with Gasteiger partial charge in [-0.15, -0.1) is 0 Å². The SMILES string of the molecule is Cc1ccc(Oc2ccc(NC(=O)CN3C(=O)NC4(CCCCC4C)C3=O)cc2)cc1. The van der Waals surface area contributed by atoms with E-state index in [4.69, 9.17) is 4.74 Å². The number of benzene rings is 2. The Morgan fingerprint density at radius 1 is 1.10 bits per heavy atom. The van der Waals surface area contributed by atoms with Crippen LogP contribution in [0.25, 0.3) is 0 Å². The molecular formula is C24H27N3O4. The van der Waals surface area contributed by atoms with Crippen molar-refractivity contribution in [3.63, 3.8) is 0 Å². The van der Waals surface area contributed by atoms with Gasteiger partial charge in [-0.1, -0.05) is 37.5 Å². The number of hydrogen-bond donors (Lipinski definition) is 2. The molecule has 1 aliphatic heterocycles. The van der Waals surface area contributed by atoms with Crippen LogP contribution >= 0.6 is 0 Å². The number of carbonyl (C=O) groups excluding carboxylic acids is 3. The summed E-state index contributed by atoms with van der Waals surface area (Å²) < 4.78 is 5.78. The molecule has 2 fully saturated rings. The van der Waals surface area contributed by atoms with Gasteiger partial charge in [-0.05, 0) is 62.1 Å². The number of nitrogens with one attached hydrogen (secondary N) is 2. The number of hydrogen-bond acceptors (Lipinski definition) is 4. The summed E-state index contributed by atoms with van der Waals surface area (Å²) in [6.07, 6.45) is 3.46. The van der Waals surface area contributed by atoms with Gasteiger partial charge >= 0.3 is 6.03 Å². The topological polar surface area (TPSA) is 87.7 Å². The number of aryl methyl sites for hydroxylation is 1. The molecule has 2 unspecified atom stereocenters. The van der Waals surface area contributed by atoms with Crippen LogP contribution in [0.15, 0.2) is 48.5 Å². The molecule has 4 amide bonds. The van der Waals surface area contributed by atoms with Crippen LogP contribution in [0, 0.1) is 12.8 Å². The normalized spacial score (nSPS) is 23.0. The van der Waals surface area contributed by atoms with Crippen molar-refractivity contribution in [1.29, 1.82) is 0 Å². The summed E-state index contributed by atoms with van der Waals surface area (Å²) in [5, 5.41) is 5.61. The number of rotatable bonds is 5. The van der Waals surface area contributed by atoms with Crippen LogP contribution in [0.1, 0.15) is 38.2 Å². The number of carbonyl (C=O) groups is 3. The molecule has 4 rings (SSSR count). The lowest BCUT2D eigenvalue weighted by Gasteiger charge is -2.36. The average Bonchev–Trinajstić information content (AvgIpc) is 2.98. The first-order chi connectivity index (χ1) is 14.9. The Morgan fingerprint density at radius 3 is 2.39 bits per heavy atom. The van der Waals surface area contributed by atoms with E-state index in [1.54, 1.807) is 24.3 Å². The van der Waals surface area contributed by atoms with Crippen LogP contribution in [0.4, 0.5) is 10.5 Å². The fourth-order valence-corrected chi connectivity index (χ4v) is 4.33. The van der Waals surface area contributed by atoms with Gasteiger partial charge in [-0.25, -0.2) is 4.79 Å². The van der Waals surface area contributed by atoms with Crippen LogP contribution in [0.3, 0.4) is 0 Å². The molecule has 2 N–H and O–H groups in total.